The standard InChI is InChI=1S/C26H35N5O2/c27-28-23-24(32)30(10-9-29-7-3-4-8-29)21-5-1-2-6-22(21)31(25(23)33)17-26-14-18-11-19(15-26)13-20(12-18)16-26/h1-2,5-6,18-20H,3-4,7-17,27H2. The van der Waals surface area contributed by atoms with Gasteiger partial charge in [-0.05, 0) is 99.8 Å². The zero-order valence-electron chi connectivity index (χ0n) is 19.4. The van der Waals surface area contributed by atoms with E-state index >= 15 is 0 Å². The van der Waals surface area contributed by atoms with Crippen molar-refractivity contribution >= 4 is 11.0 Å². The van der Waals surface area contributed by atoms with Crippen LogP contribution in [0.2, 0.25) is 0 Å². The van der Waals surface area contributed by atoms with Crippen molar-refractivity contribution in [2.45, 2.75) is 64.5 Å². The Morgan fingerprint density at radius 2 is 1.39 bits per heavy atom. The normalized spacial score (nSPS) is 31.6. The fourth-order valence-corrected chi connectivity index (χ4v) is 8.04. The number of aromatic nitrogens is 2. The first kappa shape index (κ1) is 21.1. The Hall–Kier alpha value is -2.41. The lowest BCUT2D eigenvalue weighted by Gasteiger charge is -2.57. The summed E-state index contributed by atoms with van der Waals surface area (Å²) >= 11 is 0. The summed E-state index contributed by atoms with van der Waals surface area (Å²) < 4.78 is 3.58. The second-order valence-corrected chi connectivity index (χ2v) is 11.3. The number of nitrogens with zero attached hydrogens (tertiary/aromatic N) is 4. The fourth-order valence-electron chi connectivity index (χ4n) is 8.04. The highest BCUT2D eigenvalue weighted by molar-refractivity contribution is 5.74. The number of likely N-dealkylation sites (tertiary alicyclic amines) is 1. The lowest BCUT2D eigenvalue weighted by atomic mass is 9.49. The van der Waals surface area contributed by atoms with Crippen molar-refractivity contribution in [2.75, 3.05) is 19.6 Å². The third-order valence-electron chi connectivity index (χ3n) is 8.98. The monoisotopic (exact) mass is 449 g/mol. The Balaban J connectivity index is 1.49. The van der Waals surface area contributed by atoms with Gasteiger partial charge in [0.15, 0.2) is 0 Å². The smallest absolute Gasteiger partial charge is 0.284 e. The lowest BCUT2D eigenvalue weighted by molar-refractivity contribution is -0.0617. The molecule has 5 aliphatic rings. The van der Waals surface area contributed by atoms with Gasteiger partial charge in [-0.3, -0.25) is 9.59 Å². The van der Waals surface area contributed by atoms with Gasteiger partial charge in [-0.2, -0.15) is 5.10 Å². The van der Waals surface area contributed by atoms with Gasteiger partial charge in [0.25, 0.3) is 11.1 Å². The minimum Gasteiger partial charge on any atom is -0.322 e. The van der Waals surface area contributed by atoms with Crippen molar-refractivity contribution in [3.8, 4) is 0 Å². The van der Waals surface area contributed by atoms with E-state index in [2.05, 4.69) is 10.0 Å². The molecule has 2 aromatic rings. The van der Waals surface area contributed by atoms with Crippen molar-refractivity contribution in [1.82, 2.24) is 14.0 Å². The largest absolute Gasteiger partial charge is 0.322 e. The van der Waals surface area contributed by atoms with Crippen molar-refractivity contribution in [3.63, 3.8) is 0 Å². The number of rotatable bonds is 5. The van der Waals surface area contributed by atoms with Crippen molar-refractivity contribution in [2.24, 2.45) is 34.1 Å². The molecule has 176 valence electrons. The van der Waals surface area contributed by atoms with Crippen molar-refractivity contribution in [3.05, 3.63) is 50.3 Å². The minimum atomic E-state index is -0.373. The van der Waals surface area contributed by atoms with Gasteiger partial charge in [-0.1, -0.05) is 12.1 Å². The van der Waals surface area contributed by atoms with Crippen LogP contribution in [-0.2, 0) is 13.1 Å². The topological polar surface area (TPSA) is 85.6 Å². The van der Waals surface area contributed by atoms with Crippen LogP contribution in [0.25, 0.3) is 11.0 Å². The van der Waals surface area contributed by atoms with E-state index in [0.717, 1.165) is 48.4 Å². The van der Waals surface area contributed by atoms with Crippen LogP contribution in [0, 0.1) is 23.2 Å². The predicted molar refractivity (Wildman–Crippen MR) is 128 cm³/mol. The number of nitrogens with two attached hydrogens (primary N) is 1. The summed E-state index contributed by atoms with van der Waals surface area (Å²) in [5, 5.41) is 3.61. The Morgan fingerprint density at radius 3 is 1.97 bits per heavy atom. The second kappa shape index (κ2) is 8.12. The highest BCUT2D eigenvalue weighted by Crippen LogP contribution is 2.60. The third-order valence-corrected chi connectivity index (χ3v) is 8.98. The second-order valence-electron chi connectivity index (χ2n) is 11.3. The Labute approximate surface area is 193 Å². The van der Waals surface area contributed by atoms with Crippen molar-refractivity contribution < 1.29 is 0 Å². The van der Waals surface area contributed by atoms with E-state index in [-0.39, 0.29) is 21.9 Å². The van der Waals surface area contributed by atoms with E-state index in [1.54, 1.807) is 4.57 Å². The number of hydrogen-bond donors (Lipinski definition) is 1. The maximum Gasteiger partial charge on any atom is 0.284 e. The van der Waals surface area contributed by atoms with Gasteiger partial charge >= 0.3 is 0 Å². The molecule has 33 heavy (non-hydrogen) atoms. The molecule has 2 heterocycles. The molecule has 5 fully saturated rings. The minimum absolute atomic E-state index is 0.141. The van der Waals surface area contributed by atoms with Crippen LogP contribution in [0.1, 0.15) is 51.4 Å². The molecule has 2 N–H and O–H groups in total. The van der Waals surface area contributed by atoms with E-state index in [4.69, 9.17) is 5.84 Å². The molecule has 1 aromatic heterocycles. The van der Waals surface area contributed by atoms with Crippen LogP contribution in [0.5, 0.6) is 0 Å². The highest BCUT2D eigenvalue weighted by atomic mass is 16.1. The van der Waals surface area contributed by atoms with Gasteiger partial charge in [-0.25, -0.2) is 0 Å². The molecule has 4 saturated carbocycles. The molecular weight excluding hydrogens is 414 g/mol. The van der Waals surface area contributed by atoms with Crippen molar-refractivity contribution in [1.29, 1.82) is 0 Å². The summed E-state index contributed by atoms with van der Waals surface area (Å²) in [4.78, 5) is 29.6. The highest BCUT2D eigenvalue weighted by Gasteiger charge is 2.51. The molecule has 1 aliphatic heterocycles. The van der Waals surface area contributed by atoms with Crippen LogP contribution in [-0.4, -0.2) is 33.7 Å². The Kier molecular flexibility index (Phi) is 5.20. The molecule has 0 spiro atoms. The van der Waals surface area contributed by atoms with E-state index in [0.29, 0.717) is 13.1 Å². The van der Waals surface area contributed by atoms with Gasteiger partial charge in [-0.15, -0.1) is 0 Å². The third kappa shape index (κ3) is 3.65. The van der Waals surface area contributed by atoms with E-state index in [1.807, 2.05) is 28.8 Å². The van der Waals surface area contributed by atoms with Crippen LogP contribution < -0.4 is 22.3 Å². The molecule has 0 radical (unpaired) electrons. The first-order valence-electron chi connectivity index (χ1n) is 12.8. The molecule has 4 bridgehead atoms. The Bertz CT molecular complexity index is 1220. The molecule has 1 aromatic carbocycles. The molecule has 4 aliphatic carbocycles. The summed E-state index contributed by atoms with van der Waals surface area (Å²) in [6, 6.07) is 7.87. The van der Waals surface area contributed by atoms with Gasteiger partial charge in [0.1, 0.15) is 0 Å². The number of fused-ring (bicyclic) bond motifs is 1. The van der Waals surface area contributed by atoms with Crippen LogP contribution in [0.15, 0.2) is 39.0 Å². The number of hydrogen-bond acceptors (Lipinski definition) is 5. The maximum atomic E-state index is 13.7. The summed E-state index contributed by atoms with van der Waals surface area (Å²) in [7, 11) is 0. The molecule has 7 nitrogen and oxygen atoms in total. The molecule has 0 unspecified atom stereocenters. The summed E-state index contributed by atoms with van der Waals surface area (Å²) in [5.74, 6) is 8.08. The summed E-state index contributed by atoms with van der Waals surface area (Å²) in [6.45, 7) is 4.13. The van der Waals surface area contributed by atoms with Gasteiger partial charge in [0.05, 0.1) is 11.0 Å². The van der Waals surface area contributed by atoms with Crippen LogP contribution >= 0.6 is 0 Å². The van der Waals surface area contributed by atoms with Gasteiger partial charge < -0.3 is 19.9 Å². The first-order valence-corrected chi connectivity index (χ1v) is 12.8. The Morgan fingerprint density at radius 1 is 0.848 bits per heavy atom. The molecule has 7 rings (SSSR count). The lowest BCUT2D eigenvalue weighted by Crippen LogP contribution is -2.51. The molecule has 0 atom stereocenters. The maximum absolute atomic E-state index is 13.7. The van der Waals surface area contributed by atoms with Crippen LogP contribution in [0.3, 0.4) is 0 Å². The number of para-hydroxylation sites is 2. The zero-order valence-corrected chi connectivity index (χ0v) is 19.4. The summed E-state index contributed by atoms with van der Waals surface area (Å²) in [6.07, 6.45) is 10.1. The van der Waals surface area contributed by atoms with Gasteiger partial charge in [0.2, 0.25) is 5.36 Å². The molecule has 7 heteroatoms. The summed E-state index contributed by atoms with van der Waals surface area (Å²) in [5.41, 5.74) is 1.08. The SMILES string of the molecule is NN=c1c(=O)n(CCN2CCCC2)c2ccccc2n(CC23CC4CC(CC(C4)C2)C3)c1=O. The molecule has 1 saturated heterocycles. The van der Waals surface area contributed by atoms with E-state index in [1.165, 1.54) is 51.4 Å². The van der Waals surface area contributed by atoms with E-state index in [9.17, 15) is 9.59 Å². The quantitative estimate of drug-likeness (QED) is 0.560. The average molecular weight is 450 g/mol. The first-order chi connectivity index (χ1) is 16.0. The average Bonchev–Trinajstić information content (AvgIpc) is 3.29. The van der Waals surface area contributed by atoms with Crippen LogP contribution in [0.4, 0.5) is 0 Å². The molecule has 0 amide bonds. The molecular formula is C26H35N5O2. The van der Waals surface area contributed by atoms with Gasteiger partial charge in [0, 0.05) is 19.6 Å². The predicted octanol–water partition coefficient (Wildman–Crippen LogP) is 2.25. The van der Waals surface area contributed by atoms with E-state index < -0.39 is 0 Å². The number of benzene rings is 1. The zero-order chi connectivity index (χ0) is 22.6. The fraction of sp³-hybridized carbons (Fsp3) is 0.654.